The number of hydrogen-bond acceptors (Lipinski definition) is 3. The molecule has 0 unspecified atom stereocenters. The maximum atomic E-state index is 12.0. The van der Waals surface area contributed by atoms with Gasteiger partial charge < -0.3 is 5.32 Å². The lowest BCUT2D eigenvalue weighted by atomic mass is 10.2. The lowest BCUT2D eigenvalue weighted by Gasteiger charge is -2.08. The topological polar surface area (TPSA) is 75.3 Å². The van der Waals surface area contributed by atoms with E-state index < -0.39 is 10.0 Å². The van der Waals surface area contributed by atoms with Crippen LogP contribution in [0.2, 0.25) is 0 Å². The number of hydrogen-bond donors (Lipinski definition) is 2. The Bertz CT molecular complexity index is 558. The molecule has 1 rings (SSSR count). The molecule has 1 aromatic rings. The first-order valence-corrected chi connectivity index (χ1v) is 8.17. The Morgan fingerprint density at radius 2 is 2.05 bits per heavy atom. The van der Waals surface area contributed by atoms with Crippen LogP contribution >= 0.6 is 15.9 Å². The average Bonchev–Trinajstić information content (AvgIpc) is 2.32. The van der Waals surface area contributed by atoms with Crippen LogP contribution < -0.4 is 10.0 Å². The molecule has 1 aromatic carbocycles. The normalized spacial score (nSPS) is 11.3. The Morgan fingerprint density at radius 1 is 1.37 bits per heavy atom. The van der Waals surface area contributed by atoms with Gasteiger partial charge in [0.2, 0.25) is 15.9 Å². The van der Waals surface area contributed by atoms with Crippen LogP contribution in [0.3, 0.4) is 0 Å². The van der Waals surface area contributed by atoms with Crippen molar-refractivity contribution in [2.75, 3.05) is 13.1 Å². The summed E-state index contributed by atoms with van der Waals surface area (Å²) in [7, 11) is -3.56. The van der Waals surface area contributed by atoms with Gasteiger partial charge in [-0.15, -0.1) is 0 Å². The van der Waals surface area contributed by atoms with Gasteiger partial charge in [-0.1, -0.05) is 15.9 Å². The van der Waals surface area contributed by atoms with Crippen molar-refractivity contribution in [3.63, 3.8) is 0 Å². The fourth-order valence-electron chi connectivity index (χ4n) is 1.45. The second-order valence-corrected chi connectivity index (χ2v) is 6.63. The third-order valence-electron chi connectivity index (χ3n) is 2.46. The van der Waals surface area contributed by atoms with Gasteiger partial charge >= 0.3 is 0 Å². The van der Waals surface area contributed by atoms with E-state index in [0.717, 1.165) is 10.0 Å². The van der Waals surface area contributed by atoms with Crippen LogP contribution in [0, 0.1) is 6.92 Å². The number of halogens is 1. The van der Waals surface area contributed by atoms with E-state index in [0.29, 0.717) is 6.54 Å². The first-order chi connectivity index (χ1) is 8.86. The van der Waals surface area contributed by atoms with Crippen molar-refractivity contribution in [2.24, 2.45) is 0 Å². The first-order valence-electron chi connectivity index (χ1n) is 5.89. The van der Waals surface area contributed by atoms with Crippen LogP contribution in [0.5, 0.6) is 0 Å². The van der Waals surface area contributed by atoms with E-state index >= 15 is 0 Å². The van der Waals surface area contributed by atoms with Gasteiger partial charge in [0.05, 0.1) is 4.90 Å². The van der Waals surface area contributed by atoms with Crippen molar-refractivity contribution < 1.29 is 13.2 Å². The molecule has 106 valence electrons. The van der Waals surface area contributed by atoms with E-state index in [1.165, 1.54) is 6.07 Å². The molecule has 19 heavy (non-hydrogen) atoms. The lowest BCUT2D eigenvalue weighted by Crippen LogP contribution is -2.30. The SMILES string of the molecule is CCNC(=O)CCNS(=O)(=O)c1ccc(Br)c(C)c1. The van der Waals surface area contributed by atoms with Gasteiger partial charge in [0.1, 0.15) is 0 Å². The number of amides is 1. The summed E-state index contributed by atoms with van der Waals surface area (Å²) in [5.74, 6) is -0.169. The number of benzene rings is 1. The summed E-state index contributed by atoms with van der Waals surface area (Å²) in [6, 6.07) is 4.79. The zero-order chi connectivity index (χ0) is 14.5. The molecule has 0 aromatic heterocycles. The third-order valence-corrected chi connectivity index (χ3v) is 4.81. The molecule has 0 aliphatic heterocycles. The van der Waals surface area contributed by atoms with Crippen molar-refractivity contribution in [3.8, 4) is 0 Å². The molecule has 0 fully saturated rings. The first kappa shape index (κ1) is 16.1. The van der Waals surface area contributed by atoms with Gasteiger partial charge in [0.25, 0.3) is 0 Å². The Balaban J connectivity index is 2.66. The largest absolute Gasteiger partial charge is 0.356 e. The summed E-state index contributed by atoms with van der Waals surface area (Å²) in [5, 5.41) is 2.61. The zero-order valence-corrected chi connectivity index (χ0v) is 13.3. The smallest absolute Gasteiger partial charge is 0.240 e. The van der Waals surface area contributed by atoms with Crippen LogP contribution in [0.1, 0.15) is 18.9 Å². The molecule has 0 saturated carbocycles. The number of sulfonamides is 1. The standard InChI is InChI=1S/C12H17BrN2O3S/c1-3-14-12(16)6-7-15-19(17,18)10-4-5-11(13)9(2)8-10/h4-5,8,15H,3,6-7H2,1-2H3,(H,14,16). The fourth-order valence-corrected chi connectivity index (χ4v) is 2.82. The van der Waals surface area contributed by atoms with Crippen molar-refractivity contribution in [1.82, 2.24) is 10.0 Å². The van der Waals surface area contributed by atoms with E-state index in [-0.39, 0.29) is 23.8 Å². The highest BCUT2D eigenvalue weighted by atomic mass is 79.9. The number of nitrogens with one attached hydrogen (secondary N) is 2. The minimum atomic E-state index is -3.56. The average molecular weight is 349 g/mol. The minimum Gasteiger partial charge on any atom is -0.356 e. The van der Waals surface area contributed by atoms with Gasteiger partial charge in [-0.05, 0) is 37.6 Å². The van der Waals surface area contributed by atoms with Crippen LogP contribution in [0.25, 0.3) is 0 Å². The van der Waals surface area contributed by atoms with Crippen LogP contribution in [-0.2, 0) is 14.8 Å². The fraction of sp³-hybridized carbons (Fsp3) is 0.417. The highest BCUT2D eigenvalue weighted by Gasteiger charge is 2.14. The molecule has 0 aliphatic carbocycles. The molecule has 0 radical (unpaired) electrons. The van der Waals surface area contributed by atoms with E-state index in [2.05, 4.69) is 26.0 Å². The number of carbonyl (C=O) groups is 1. The number of aryl methyl sites for hydroxylation is 1. The highest BCUT2D eigenvalue weighted by molar-refractivity contribution is 9.10. The summed E-state index contributed by atoms with van der Waals surface area (Å²) < 4.78 is 27.2. The van der Waals surface area contributed by atoms with Gasteiger partial charge in [-0.3, -0.25) is 4.79 Å². The monoisotopic (exact) mass is 348 g/mol. The Labute approximate surface area is 122 Å². The molecule has 2 N–H and O–H groups in total. The number of rotatable bonds is 6. The highest BCUT2D eigenvalue weighted by Crippen LogP contribution is 2.19. The van der Waals surface area contributed by atoms with Gasteiger partial charge in [0, 0.05) is 24.0 Å². The van der Waals surface area contributed by atoms with Gasteiger partial charge in [-0.2, -0.15) is 0 Å². The summed E-state index contributed by atoms with van der Waals surface area (Å²) in [4.78, 5) is 11.4. The molecule has 5 nitrogen and oxygen atoms in total. The molecular weight excluding hydrogens is 332 g/mol. The minimum absolute atomic E-state index is 0.0866. The zero-order valence-electron chi connectivity index (χ0n) is 10.9. The predicted molar refractivity (Wildman–Crippen MR) is 77.4 cm³/mol. The molecule has 0 bridgehead atoms. The predicted octanol–water partition coefficient (Wildman–Crippen LogP) is 1.56. The maximum Gasteiger partial charge on any atom is 0.240 e. The van der Waals surface area contributed by atoms with Crippen molar-refractivity contribution in [2.45, 2.75) is 25.2 Å². The number of carbonyl (C=O) groups excluding carboxylic acids is 1. The Hall–Kier alpha value is -0.920. The van der Waals surface area contributed by atoms with Gasteiger partial charge in [-0.25, -0.2) is 13.1 Å². The van der Waals surface area contributed by atoms with Crippen LogP contribution in [0.4, 0.5) is 0 Å². The summed E-state index contributed by atoms with van der Waals surface area (Å²) in [6.07, 6.45) is 0.128. The van der Waals surface area contributed by atoms with E-state index in [1.807, 2.05) is 13.8 Å². The molecule has 0 heterocycles. The molecule has 0 atom stereocenters. The van der Waals surface area contributed by atoms with E-state index in [1.54, 1.807) is 12.1 Å². The van der Waals surface area contributed by atoms with Crippen LogP contribution in [-0.4, -0.2) is 27.4 Å². The van der Waals surface area contributed by atoms with Crippen molar-refractivity contribution >= 4 is 31.9 Å². The Kier molecular flexibility index (Phi) is 5.96. The lowest BCUT2D eigenvalue weighted by molar-refractivity contribution is -0.120. The molecule has 0 saturated heterocycles. The quantitative estimate of drug-likeness (QED) is 0.819. The van der Waals surface area contributed by atoms with Gasteiger partial charge in [0.15, 0.2) is 0 Å². The summed E-state index contributed by atoms with van der Waals surface area (Å²) in [5.41, 5.74) is 0.839. The molecule has 1 amide bonds. The molecular formula is C12H17BrN2O3S. The third kappa shape index (κ3) is 4.93. The molecule has 7 heteroatoms. The maximum absolute atomic E-state index is 12.0. The van der Waals surface area contributed by atoms with Crippen molar-refractivity contribution in [3.05, 3.63) is 28.2 Å². The molecule has 0 spiro atoms. The van der Waals surface area contributed by atoms with E-state index in [9.17, 15) is 13.2 Å². The second kappa shape index (κ2) is 7.02. The molecule has 0 aliphatic rings. The Morgan fingerprint density at radius 3 is 2.63 bits per heavy atom. The second-order valence-electron chi connectivity index (χ2n) is 4.01. The summed E-state index contributed by atoms with van der Waals surface area (Å²) in [6.45, 7) is 4.26. The van der Waals surface area contributed by atoms with Crippen LogP contribution in [0.15, 0.2) is 27.6 Å². The van der Waals surface area contributed by atoms with E-state index in [4.69, 9.17) is 0 Å². The van der Waals surface area contributed by atoms with Crippen molar-refractivity contribution in [1.29, 1.82) is 0 Å². The summed E-state index contributed by atoms with van der Waals surface area (Å²) >= 11 is 3.32.